The normalized spacial score (nSPS) is 13.8. The summed E-state index contributed by atoms with van der Waals surface area (Å²) in [5.74, 6) is -0.511. The number of carbonyl (C=O) groups excluding carboxylic acids is 2. The monoisotopic (exact) mass is 483 g/mol. The van der Waals surface area contributed by atoms with Crippen LogP contribution in [0, 0.1) is 6.92 Å². The van der Waals surface area contributed by atoms with Gasteiger partial charge in [-0.1, -0.05) is 53.0 Å². The van der Waals surface area contributed by atoms with Crippen LogP contribution in [0.4, 0.5) is 0 Å². The van der Waals surface area contributed by atoms with Crippen LogP contribution in [0.2, 0.25) is 10.0 Å². The number of carbonyl (C=O) groups is 2. The highest BCUT2D eigenvalue weighted by Crippen LogP contribution is 2.21. The van der Waals surface area contributed by atoms with Gasteiger partial charge in [0.25, 0.3) is 17.4 Å². The lowest BCUT2D eigenvalue weighted by molar-refractivity contribution is 0.0534. The minimum Gasteiger partial charge on any atom is -0.335 e. The van der Waals surface area contributed by atoms with Gasteiger partial charge in [0.05, 0.1) is 6.54 Å². The van der Waals surface area contributed by atoms with Gasteiger partial charge in [0.1, 0.15) is 5.56 Å². The van der Waals surface area contributed by atoms with Crippen molar-refractivity contribution in [2.24, 2.45) is 0 Å². The van der Waals surface area contributed by atoms with E-state index in [9.17, 15) is 14.4 Å². The van der Waals surface area contributed by atoms with E-state index in [1.165, 1.54) is 0 Å². The first-order valence-electron chi connectivity index (χ1n) is 10.6. The predicted octanol–water partition coefficient (Wildman–Crippen LogP) is 4.11. The molecule has 2 heterocycles. The number of aromatic nitrogens is 1. The van der Waals surface area contributed by atoms with Gasteiger partial charge in [0.2, 0.25) is 0 Å². The van der Waals surface area contributed by atoms with Crippen LogP contribution in [0.15, 0.2) is 65.6 Å². The van der Waals surface area contributed by atoms with Crippen molar-refractivity contribution in [3.8, 4) is 0 Å². The first-order valence-corrected chi connectivity index (χ1v) is 11.4. The average molecular weight is 484 g/mol. The number of benzene rings is 2. The minimum atomic E-state index is -0.323. The molecule has 170 valence electrons. The van der Waals surface area contributed by atoms with E-state index in [1.807, 2.05) is 31.2 Å². The second-order valence-electron chi connectivity index (χ2n) is 8.09. The molecule has 8 heteroatoms. The maximum Gasteiger partial charge on any atom is 0.263 e. The summed E-state index contributed by atoms with van der Waals surface area (Å²) >= 11 is 12.0. The Hall–Kier alpha value is -3.09. The fourth-order valence-corrected chi connectivity index (χ4v) is 4.50. The quantitative estimate of drug-likeness (QED) is 0.560. The SMILES string of the molecule is Cc1cccc(Cn2cccc(C(=O)N3CCN(C(=O)c4cc(Cl)cc(Cl)c4)CC3)c2=O)c1. The van der Waals surface area contributed by atoms with Gasteiger partial charge in [-0.05, 0) is 42.8 Å². The van der Waals surface area contributed by atoms with Gasteiger partial charge < -0.3 is 14.4 Å². The van der Waals surface area contributed by atoms with Crippen LogP contribution in [0.25, 0.3) is 0 Å². The smallest absolute Gasteiger partial charge is 0.263 e. The van der Waals surface area contributed by atoms with Crippen LogP contribution in [0.3, 0.4) is 0 Å². The number of rotatable bonds is 4. The zero-order valence-electron chi connectivity index (χ0n) is 18.1. The van der Waals surface area contributed by atoms with E-state index in [0.29, 0.717) is 48.3 Å². The van der Waals surface area contributed by atoms with Gasteiger partial charge in [-0.3, -0.25) is 14.4 Å². The van der Waals surface area contributed by atoms with E-state index in [1.54, 1.807) is 50.9 Å². The Morgan fingerprint density at radius 1 is 0.848 bits per heavy atom. The standard InChI is InChI=1S/C25H23Cl2N3O3/c1-17-4-2-5-18(12-17)16-30-7-3-6-22(25(30)33)24(32)29-10-8-28(9-11-29)23(31)19-13-20(26)15-21(27)14-19/h2-7,12-15H,8-11,16H2,1H3. The molecule has 6 nitrogen and oxygen atoms in total. The molecule has 0 aliphatic carbocycles. The molecule has 1 fully saturated rings. The Morgan fingerprint density at radius 3 is 2.12 bits per heavy atom. The summed E-state index contributed by atoms with van der Waals surface area (Å²) in [7, 11) is 0. The number of aryl methyl sites for hydroxylation is 1. The third-order valence-electron chi connectivity index (χ3n) is 5.65. The lowest BCUT2D eigenvalue weighted by Gasteiger charge is -2.34. The van der Waals surface area contributed by atoms with Crippen molar-refractivity contribution < 1.29 is 9.59 Å². The second kappa shape index (κ2) is 9.81. The molecule has 4 rings (SSSR count). The highest BCUT2D eigenvalue weighted by Gasteiger charge is 2.27. The fourth-order valence-electron chi connectivity index (χ4n) is 3.97. The largest absolute Gasteiger partial charge is 0.335 e. The zero-order chi connectivity index (χ0) is 23.5. The highest BCUT2D eigenvalue weighted by atomic mass is 35.5. The van der Waals surface area contributed by atoms with E-state index >= 15 is 0 Å². The molecule has 2 amide bonds. The van der Waals surface area contributed by atoms with Gasteiger partial charge in [-0.25, -0.2) is 0 Å². The van der Waals surface area contributed by atoms with Crippen molar-refractivity contribution in [1.29, 1.82) is 0 Å². The summed E-state index contributed by atoms with van der Waals surface area (Å²) in [5.41, 5.74) is 2.33. The Bertz CT molecular complexity index is 1240. The molecule has 1 saturated heterocycles. The van der Waals surface area contributed by atoms with Crippen molar-refractivity contribution in [3.63, 3.8) is 0 Å². The maximum atomic E-state index is 13.1. The number of piperazine rings is 1. The number of halogens is 2. The van der Waals surface area contributed by atoms with Crippen LogP contribution < -0.4 is 5.56 Å². The van der Waals surface area contributed by atoms with Crippen molar-refractivity contribution in [1.82, 2.24) is 14.4 Å². The summed E-state index contributed by atoms with van der Waals surface area (Å²) in [6.07, 6.45) is 1.69. The van der Waals surface area contributed by atoms with Crippen LogP contribution >= 0.6 is 23.2 Å². The van der Waals surface area contributed by atoms with E-state index in [4.69, 9.17) is 23.2 Å². The maximum absolute atomic E-state index is 13.1. The lowest BCUT2D eigenvalue weighted by Crippen LogP contribution is -2.51. The van der Waals surface area contributed by atoms with E-state index in [0.717, 1.165) is 11.1 Å². The van der Waals surface area contributed by atoms with Gasteiger partial charge in [0.15, 0.2) is 0 Å². The van der Waals surface area contributed by atoms with Crippen LogP contribution in [0.1, 0.15) is 31.8 Å². The third-order valence-corrected chi connectivity index (χ3v) is 6.09. The first-order chi connectivity index (χ1) is 15.8. The summed E-state index contributed by atoms with van der Waals surface area (Å²) in [4.78, 5) is 42.2. The number of pyridine rings is 1. The van der Waals surface area contributed by atoms with Crippen LogP contribution in [-0.4, -0.2) is 52.4 Å². The molecular weight excluding hydrogens is 461 g/mol. The molecule has 1 aliphatic rings. The van der Waals surface area contributed by atoms with Crippen LogP contribution in [0.5, 0.6) is 0 Å². The van der Waals surface area contributed by atoms with Crippen molar-refractivity contribution >= 4 is 35.0 Å². The Labute approximate surface area is 201 Å². The highest BCUT2D eigenvalue weighted by molar-refractivity contribution is 6.35. The molecular formula is C25H23Cl2N3O3. The summed E-state index contributed by atoms with van der Waals surface area (Å²) in [5, 5.41) is 0.788. The van der Waals surface area contributed by atoms with E-state index in [-0.39, 0.29) is 22.9 Å². The topological polar surface area (TPSA) is 62.6 Å². The van der Waals surface area contributed by atoms with Crippen molar-refractivity contribution in [3.05, 3.63) is 103 Å². The Morgan fingerprint density at radius 2 is 1.48 bits per heavy atom. The van der Waals surface area contributed by atoms with Gasteiger partial charge >= 0.3 is 0 Å². The van der Waals surface area contributed by atoms with E-state index < -0.39 is 0 Å². The van der Waals surface area contributed by atoms with Crippen molar-refractivity contribution in [2.45, 2.75) is 13.5 Å². The number of amides is 2. The molecule has 0 N–H and O–H groups in total. The molecule has 0 bridgehead atoms. The number of nitrogens with zero attached hydrogens (tertiary/aromatic N) is 3. The molecule has 0 saturated carbocycles. The molecule has 2 aromatic carbocycles. The fraction of sp³-hybridized carbons (Fsp3) is 0.240. The number of hydrogen-bond donors (Lipinski definition) is 0. The molecule has 33 heavy (non-hydrogen) atoms. The molecule has 0 unspecified atom stereocenters. The van der Waals surface area contributed by atoms with Crippen LogP contribution in [-0.2, 0) is 6.54 Å². The van der Waals surface area contributed by atoms with Crippen molar-refractivity contribution in [2.75, 3.05) is 26.2 Å². The van der Waals surface area contributed by atoms with E-state index in [2.05, 4.69) is 0 Å². The third kappa shape index (κ3) is 5.29. The predicted molar refractivity (Wildman–Crippen MR) is 129 cm³/mol. The summed E-state index contributed by atoms with van der Waals surface area (Å²) < 4.78 is 1.55. The first kappa shape index (κ1) is 23.1. The Kier molecular flexibility index (Phi) is 6.86. The van der Waals surface area contributed by atoms with Gasteiger partial charge in [-0.2, -0.15) is 0 Å². The average Bonchev–Trinajstić information content (AvgIpc) is 2.79. The Balaban J connectivity index is 1.44. The molecule has 1 aliphatic heterocycles. The molecule has 1 aromatic heterocycles. The molecule has 0 atom stereocenters. The molecule has 0 radical (unpaired) electrons. The lowest BCUT2D eigenvalue weighted by atomic mass is 10.1. The summed E-state index contributed by atoms with van der Waals surface area (Å²) in [6, 6.07) is 15.9. The zero-order valence-corrected chi connectivity index (χ0v) is 19.6. The number of hydrogen-bond acceptors (Lipinski definition) is 3. The van der Waals surface area contributed by atoms with Gasteiger partial charge in [-0.15, -0.1) is 0 Å². The minimum absolute atomic E-state index is 0.131. The molecule has 3 aromatic rings. The summed E-state index contributed by atoms with van der Waals surface area (Å²) in [6.45, 7) is 3.79. The molecule has 0 spiro atoms. The van der Waals surface area contributed by atoms with Gasteiger partial charge in [0, 0.05) is 48.0 Å². The second-order valence-corrected chi connectivity index (χ2v) is 8.96.